The van der Waals surface area contributed by atoms with Gasteiger partial charge in [-0.1, -0.05) is 12.1 Å². The number of nitrogens with one attached hydrogen (secondary N) is 2. The lowest BCUT2D eigenvalue weighted by molar-refractivity contribution is -0.137. The third-order valence-electron chi connectivity index (χ3n) is 3.57. The van der Waals surface area contributed by atoms with Crippen molar-refractivity contribution in [3.63, 3.8) is 0 Å². The Kier molecular flexibility index (Phi) is 4.47. The van der Waals surface area contributed by atoms with Crippen LogP contribution < -0.4 is 10.6 Å². The van der Waals surface area contributed by atoms with Gasteiger partial charge in [-0.2, -0.15) is 13.2 Å². The molecule has 0 amide bonds. The smallest absolute Gasteiger partial charge is 0.313 e. The lowest BCUT2D eigenvalue weighted by Crippen LogP contribution is -2.35. The first-order chi connectivity index (χ1) is 8.97. The number of hydrogen-bond acceptors (Lipinski definition) is 2. The number of benzene rings is 1. The molecule has 0 spiro atoms. The largest absolute Gasteiger partial charge is 0.416 e. The molecule has 19 heavy (non-hydrogen) atoms. The summed E-state index contributed by atoms with van der Waals surface area (Å²) >= 11 is 0. The predicted octanol–water partition coefficient (Wildman–Crippen LogP) is 3.11. The van der Waals surface area contributed by atoms with E-state index in [1.54, 1.807) is 12.1 Å². The van der Waals surface area contributed by atoms with E-state index >= 15 is 0 Å². The van der Waals surface area contributed by atoms with Crippen molar-refractivity contribution < 1.29 is 13.2 Å². The van der Waals surface area contributed by atoms with Crippen LogP contribution in [0.4, 0.5) is 13.2 Å². The number of halogens is 3. The number of hydrogen-bond donors (Lipinski definition) is 2. The van der Waals surface area contributed by atoms with Gasteiger partial charge < -0.3 is 10.6 Å². The summed E-state index contributed by atoms with van der Waals surface area (Å²) in [6.07, 6.45) is -1.91. The molecule has 1 saturated heterocycles. The van der Waals surface area contributed by atoms with Gasteiger partial charge in [-0.3, -0.25) is 0 Å². The molecule has 1 fully saturated rings. The van der Waals surface area contributed by atoms with E-state index in [4.69, 9.17) is 0 Å². The van der Waals surface area contributed by atoms with E-state index in [-0.39, 0.29) is 6.04 Å². The van der Waals surface area contributed by atoms with Crippen molar-refractivity contribution in [3.05, 3.63) is 35.4 Å². The Morgan fingerprint density at radius 3 is 2.53 bits per heavy atom. The average Bonchev–Trinajstić information content (AvgIpc) is 2.88. The van der Waals surface area contributed by atoms with Crippen molar-refractivity contribution in [1.82, 2.24) is 10.6 Å². The first-order valence-corrected chi connectivity index (χ1v) is 6.61. The van der Waals surface area contributed by atoms with E-state index in [2.05, 4.69) is 10.6 Å². The average molecular weight is 272 g/mol. The third kappa shape index (κ3) is 3.94. The Morgan fingerprint density at radius 2 is 2.00 bits per heavy atom. The van der Waals surface area contributed by atoms with Gasteiger partial charge in [0.1, 0.15) is 0 Å². The fourth-order valence-corrected chi connectivity index (χ4v) is 2.33. The van der Waals surface area contributed by atoms with E-state index in [1.807, 2.05) is 6.92 Å². The highest BCUT2D eigenvalue weighted by Gasteiger charge is 2.30. The van der Waals surface area contributed by atoms with Gasteiger partial charge >= 0.3 is 6.18 Å². The van der Waals surface area contributed by atoms with Crippen molar-refractivity contribution in [2.45, 2.75) is 38.0 Å². The maximum absolute atomic E-state index is 12.4. The van der Waals surface area contributed by atoms with Crippen LogP contribution in [0, 0.1) is 0 Å². The highest BCUT2D eigenvalue weighted by molar-refractivity contribution is 5.26. The molecule has 0 radical (unpaired) electrons. The first kappa shape index (κ1) is 14.3. The molecule has 0 aromatic heterocycles. The van der Waals surface area contributed by atoms with Crippen LogP contribution in [0.2, 0.25) is 0 Å². The SMILES string of the molecule is CC(NCC1CCCN1)c1ccc(C(F)(F)F)cc1. The van der Waals surface area contributed by atoms with Gasteiger partial charge in [-0.05, 0) is 44.0 Å². The molecule has 1 aliphatic rings. The molecule has 1 aromatic carbocycles. The molecule has 0 bridgehead atoms. The zero-order valence-electron chi connectivity index (χ0n) is 10.9. The molecule has 106 valence electrons. The summed E-state index contributed by atoms with van der Waals surface area (Å²) in [7, 11) is 0. The predicted molar refractivity (Wildman–Crippen MR) is 68.9 cm³/mol. The maximum atomic E-state index is 12.4. The molecule has 2 unspecified atom stereocenters. The summed E-state index contributed by atoms with van der Waals surface area (Å²) in [5.41, 5.74) is 0.284. The minimum absolute atomic E-state index is 0.0599. The third-order valence-corrected chi connectivity index (χ3v) is 3.57. The lowest BCUT2D eigenvalue weighted by Gasteiger charge is -2.18. The highest BCUT2D eigenvalue weighted by Crippen LogP contribution is 2.29. The fraction of sp³-hybridized carbons (Fsp3) is 0.571. The molecule has 2 atom stereocenters. The molecule has 1 heterocycles. The summed E-state index contributed by atoms with van der Waals surface area (Å²) in [5, 5.41) is 6.74. The van der Waals surface area contributed by atoms with Crippen molar-refractivity contribution in [1.29, 1.82) is 0 Å². The van der Waals surface area contributed by atoms with E-state index in [0.717, 1.165) is 37.2 Å². The van der Waals surface area contributed by atoms with Gasteiger partial charge in [-0.25, -0.2) is 0 Å². The lowest BCUT2D eigenvalue weighted by atomic mass is 10.1. The van der Waals surface area contributed by atoms with Gasteiger partial charge in [0.15, 0.2) is 0 Å². The summed E-state index contributed by atoms with van der Waals surface area (Å²) in [4.78, 5) is 0. The van der Waals surface area contributed by atoms with E-state index < -0.39 is 11.7 Å². The van der Waals surface area contributed by atoms with Crippen molar-refractivity contribution >= 4 is 0 Å². The Hall–Kier alpha value is -1.07. The van der Waals surface area contributed by atoms with Crippen molar-refractivity contribution in [2.24, 2.45) is 0 Å². The van der Waals surface area contributed by atoms with Crippen molar-refractivity contribution in [2.75, 3.05) is 13.1 Å². The Labute approximate surface area is 111 Å². The number of rotatable bonds is 4. The maximum Gasteiger partial charge on any atom is 0.416 e. The van der Waals surface area contributed by atoms with E-state index in [1.165, 1.54) is 6.42 Å². The fourth-order valence-electron chi connectivity index (χ4n) is 2.33. The normalized spacial score (nSPS) is 21.6. The van der Waals surface area contributed by atoms with Crippen LogP contribution in [0.5, 0.6) is 0 Å². The molecule has 2 nitrogen and oxygen atoms in total. The quantitative estimate of drug-likeness (QED) is 0.880. The topological polar surface area (TPSA) is 24.1 Å². The van der Waals surface area contributed by atoms with Gasteiger partial charge in [0.2, 0.25) is 0 Å². The Bertz CT molecular complexity index is 394. The second kappa shape index (κ2) is 5.92. The van der Waals surface area contributed by atoms with Crippen LogP contribution in [0.1, 0.15) is 36.9 Å². The highest BCUT2D eigenvalue weighted by atomic mass is 19.4. The first-order valence-electron chi connectivity index (χ1n) is 6.61. The molecular formula is C14H19F3N2. The van der Waals surface area contributed by atoms with Crippen LogP contribution in [-0.4, -0.2) is 19.1 Å². The van der Waals surface area contributed by atoms with Crippen LogP contribution in [0.15, 0.2) is 24.3 Å². The summed E-state index contributed by atoms with van der Waals surface area (Å²) in [5.74, 6) is 0. The van der Waals surface area contributed by atoms with E-state index in [9.17, 15) is 13.2 Å². The standard InChI is InChI=1S/C14H19F3N2/c1-10(19-9-13-3-2-8-18-13)11-4-6-12(7-5-11)14(15,16)17/h4-7,10,13,18-19H,2-3,8-9H2,1H3. The molecule has 0 saturated carbocycles. The zero-order valence-corrected chi connectivity index (χ0v) is 10.9. The molecule has 5 heteroatoms. The molecule has 0 aliphatic carbocycles. The second-order valence-corrected chi connectivity index (χ2v) is 5.04. The molecular weight excluding hydrogens is 253 g/mol. The second-order valence-electron chi connectivity index (χ2n) is 5.04. The van der Waals surface area contributed by atoms with Crippen LogP contribution in [-0.2, 0) is 6.18 Å². The van der Waals surface area contributed by atoms with Crippen molar-refractivity contribution in [3.8, 4) is 0 Å². The Balaban J connectivity index is 1.89. The molecule has 1 aromatic rings. The Morgan fingerprint density at radius 1 is 1.32 bits per heavy atom. The minimum Gasteiger partial charge on any atom is -0.313 e. The summed E-state index contributed by atoms with van der Waals surface area (Å²) < 4.78 is 37.3. The summed E-state index contributed by atoms with van der Waals surface area (Å²) in [6, 6.07) is 5.91. The van der Waals surface area contributed by atoms with Crippen LogP contribution in [0.25, 0.3) is 0 Å². The monoisotopic (exact) mass is 272 g/mol. The van der Waals surface area contributed by atoms with Crippen LogP contribution in [0.3, 0.4) is 0 Å². The minimum atomic E-state index is -4.26. The van der Waals surface area contributed by atoms with Gasteiger partial charge in [0.25, 0.3) is 0 Å². The van der Waals surface area contributed by atoms with E-state index in [0.29, 0.717) is 6.04 Å². The van der Waals surface area contributed by atoms with Gasteiger partial charge in [0, 0.05) is 18.6 Å². The van der Waals surface area contributed by atoms with Gasteiger partial charge in [0.05, 0.1) is 5.56 Å². The van der Waals surface area contributed by atoms with Crippen LogP contribution >= 0.6 is 0 Å². The summed E-state index contributed by atoms with van der Waals surface area (Å²) in [6.45, 7) is 3.88. The molecule has 1 aliphatic heterocycles. The number of alkyl halides is 3. The zero-order chi connectivity index (χ0) is 13.9. The van der Waals surface area contributed by atoms with Gasteiger partial charge in [-0.15, -0.1) is 0 Å². The molecule has 2 N–H and O–H groups in total. The molecule has 2 rings (SSSR count).